The fourth-order valence-corrected chi connectivity index (χ4v) is 6.51. The molecule has 0 fully saturated rings. The van der Waals surface area contributed by atoms with Gasteiger partial charge in [0.15, 0.2) is 22.2 Å². The van der Waals surface area contributed by atoms with Gasteiger partial charge in [-0.3, -0.25) is 14.2 Å². The lowest BCUT2D eigenvalue weighted by molar-refractivity contribution is -0.158. The molecular weight excluding hydrogens is 592 g/mol. The summed E-state index contributed by atoms with van der Waals surface area (Å²) in [6.07, 6.45) is 1.58. The van der Waals surface area contributed by atoms with E-state index in [0.717, 1.165) is 11.3 Å². The Balaban J connectivity index is 1.43. The Kier molecular flexibility index (Phi) is 6.99. The Morgan fingerprint density at radius 3 is 2.51 bits per heavy atom. The monoisotopic (exact) mass is 614 g/mol. The Labute approximate surface area is 245 Å². The third-order valence-electron chi connectivity index (χ3n) is 7.38. The molecule has 6 rings (SSSR count). The highest BCUT2D eigenvalue weighted by Crippen LogP contribution is 2.47. The van der Waals surface area contributed by atoms with Gasteiger partial charge in [0, 0.05) is 17.2 Å². The van der Waals surface area contributed by atoms with Crippen molar-refractivity contribution in [3.05, 3.63) is 108 Å². The lowest BCUT2D eigenvalue weighted by Gasteiger charge is -2.44. The van der Waals surface area contributed by atoms with E-state index in [2.05, 4.69) is 4.99 Å². The highest BCUT2D eigenvalue weighted by molar-refractivity contribution is 7.07. The summed E-state index contributed by atoms with van der Waals surface area (Å²) in [5.41, 5.74) is -0.337. The molecule has 3 heterocycles. The molecule has 3 unspecified atom stereocenters. The second kappa shape index (κ2) is 10.6. The van der Waals surface area contributed by atoms with Gasteiger partial charge in [0.1, 0.15) is 24.0 Å². The fourth-order valence-electron chi connectivity index (χ4n) is 5.41. The summed E-state index contributed by atoms with van der Waals surface area (Å²) in [5.74, 6) is -8.49. The molecule has 13 heteroatoms. The van der Waals surface area contributed by atoms with Gasteiger partial charge in [0.2, 0.25) is 17.4 Å². The third-order valence-corrected chi connectivity index (χ3v) is 8.36. The maximum Gasteiger partial charge on any atom is 0.317 e. The molecule has 0 aliphatic carbocycles. The van der Waals surface area contributed by atoms with E-state index in [1.54, 1.807) is 55.5 Å². The first-order valence-corrected chi connectivity index (χ1v) is 13.7. The highest BCUT2D eigenvalue weighted by atomic mass is 32.1. The Bertz CT molecular complexity index is 1950. The second-order valence-electron chi connectivity index (χ2n) is 9.98. The quantitative estimate of drug-likeness (QED) is 0.185. The van der Waals surface area contributed by atoms with E-state index in [0.29, 0.717) is 21.7 Å². The zero-order valence-corrected chi connectivity index (χ0v) is 23.6. The van der Waals surface area contributed by atoms with Crippen LogP contribution in [0.2, 0.25) is 0 Å². The molecule has 3 atom stereocenters. The fraction of sp³-hybridized carbons (Fsp3) is 0.233. The van der Waals surface area contributed by atoms with Gasteiger partial charge in [-0.25, -0.2) is 13.8 Å². The number of hydrogen-bond acceptors (Lipinski definition) is 8. The number of aromatic nitrogens is 1. The van der Waals surface area contributed by atoms with Gasteiger partial charge in [-0.05, 0) is 36.8 Å². The molecule has 0 saturated carbocycles. The lowest BCUT2D eigenvalue weighted by atomic mass is 9.81. The molecule has 0 saturated heterocycles. The van der Waals surface area contributed by atoms with Gasteiger partial charge < -0.3 is 18.9 Å². The van der Waals surface area contributed by atoms with E-state index in [1.807, 2.05) is 0 Å². The third kappa shape index (κ3) is 4.63. The number of methoxy groups -OCH3 is 2. The molecule has 0 spiro atoms. The van der Waals surface area contributed by atoms with E-state index < -0.39 is 64.8 Å². The summed E-state index contributed by atoms with van der Waals surface area (Å²) in [6, 6.07) is 11.2. The van der Waals surface area contributed by atoms with Gasteiger partial charge in [-0.2, -0.15) is 8.78 Å². The summed E-state index contributed by atoms with van der Waals surface area (Å²) in [5, 5.41) is 0. The number of halogens is 4. The minimum absolute atomic E-state index is 0.0887. The molecule has 0 radical (unpaired) electrons. The predicted molar refractivity (Wildman–Crippen MR) is 146 cm³/mol. The van der Waals surface area contributed by atoms with Crippen LogP contribution in [0.15, 0.2) is 58.3 Å². The normalized spacial score (nSPS) is 20.4. The van der Waals surface area contributed by atoms with Crippen molar-refractivity contribution in [1.29, 1.82) is 0 Å². The van der Waals surface area contributed by atoms with Gasteiger partial charge in [0.25, 0.3) is 5.56 Å². The Hall–Kier alpha value is -4.65. The predicted octanol–water partition coefficient (Wildman–Crippen LogP) is 4.00. The summed E-state index contributed by atoms with van der Waals surface area (Å²) in [7, 11) is 2.62. The molecule has 0 N–H and O–H groups in total. The number of ether oxygens (including phenoxy) is 4. The van der Waals surface area contributed by atoms with Gasteiger partial charge in [-0.15, -0.1) is 0 Å². The first kappa shape index (κ1) is 28.5. The van der Waals surface area contributed by atoms with Gasteiger partial charge >= 0.3 is 5.97 Å². The molecule has 222 valence electrons. The number of nitrogens with zero attached hydrogens (tertiary/aromatic N) is 2. The topological polar surface area (TPSA) is 88.4 Å². The van der Waals surface area contributed by atoms with E-state index in [4.69, 9.17) is 18.9 Å². The van der Waals surface area contributed by atoms with E-state index >= 15 is 0 Å². The minimum Gasteiger partial charge on any atom is -0.496 e. The number of carbonyl (C=O) groups is 1. The van der Waals surface area contributed by atoms with Crippen LogP contribution < -0.4 is 29.1 Å². The van der Waals surface area contributed by atoms with Crippen LogP contribution in [0.1, 0.15) is 29.7 Å². The summed E-state index contributed by atoms with van der Waals surface area (Å²) in [6.45, 7) is 1.16. The molecular formula is C30H22F4N2O6S. The molecule has 1 aromatic heterocycles. The van der Waals surface area contributed by atoms with Crippen LogP contribution in [0, 0.1) is 29.2 Å². The zero-order valence-electron chi connectivity index (χ0n) is 22.8. The first-order valence-electron chi connectivity index (χ1n) is 12.9. The molecule has 0 amide bonds. The number of esters is 1. The van der Waals surface area contributed by atoms with Crippen molar-refractivity contribution in [2.24, 2.45) is 10.9 Å². The van der Waals surface area contributed by atoms with Crippen LogP contribution in [0.4, 0.5) is 17.6 Å². The van der Waals surface area contributed by atoms with Crippen molar-refractivity contribution in [3.63, 3.8) is 0 Å². The highest BCUT2D eigenvalue weighted by Gasteiger charge is 2.55. The summed E-state index contributed by atoms with van der Waals surface area (Å²) in [4.78, 5) is 31.8. The number of fused-ring (bicyclic) bond motifs is 6. The molecule has 2 aliphatic rings. The number of thiazole rings is 1. The van der Waals surface area contributed by atoms with Crippen LogP contribution in [0.5, 0.6) is 17.2 Å². The van der Waals surface area contributed by atoms with Crippen LogP contribution in [-0.2, 0) is 16.1 Å². The van der Waals surface area contributed by atoms with Crippen molar-refractivity contribution in [2.75, 3.05) is 14.2 Å². The number of carbonyl (C=O) groups excluding carboxylic acids is 1. The van der Waals surface area contributed by atoms with E-state index in [-0.39, 0.29) is 21.9 Å². The largest absolute Gasteiger partial charge is 0.496 e. The average molecular weight is 615 g/mol. The smallest absolute Gasteiger partial charge is 0.317 e. The summed E-state index contributed by atoms with van der Waals surface area (Å²) < 4.78 is 79.0. The maximum absolute atomic E-state index is 14.1. The number of benzene rings is 3. The molecule has 3 aromatic carbocycles. The Morgan fingerprint density at radius 1 is 1.09 bits per heavy atom. The molecule has 43 heavy (non-hydrogen) atoms. The molecule has 2 aliphatic heterocycles. The zero-order chi connectivity index (χ0) is 30.6. The number of rotatable bonds is 6. The van der Waals surface area contributed by atoms with E-state index in [9.17, 15) is 27.2 Å². The molecule has 8 nitrogen and oxygen atoms in total. The Morgan fingerprint density at radius 2 is 1.81 bits per heavy atom. The SMILES string of the molecule is COC(=O)C1C2c3ccccc3OC1(C)N=c1sc(=Cc3ccc(OC)c(COc4c(F)c(F)cc(F)c4F)c3)c(=O)n12. The van der Waals surface area contributed by atoms with Crippen molar-refractivity contribution in [1.82, 2.24) is 4.57 Å². The van der Waals surface area contributed by atoms with Crippen molar-refractivity contribution < 1.29 is 41.3 Å². The van der Waals surface area contributed by atoms with Gasteiger partial charge in [0.05, 0.1) is 24.8 Å². The van der Waals surface area contributed by atoms with Crippen LogP contribution in [-0.4, -0.2) is 30.5 Å². The van der Waals surface area contributed by atoms with Gasteiger partial charge in [-0.1, -0.05) is 35.6 Å². The lowest BCUT2D eigenvalue weighted by Crippen LogP contribution is -2.58. The minimum atomic E-state index is -1.67. The summed E-state index contributed by atoms with van der Waals surface area (Å²) >= 11 is 1.09. The standard InChI is InChI=1S/C30H22F4N2O6S/c1-30-22(28(38)40-3)25(16-6-4-5-7-20(16)42-30)36-27(37)21(43-29(36)35-30)11-14-8-9-19(39-2)15(10-14)13-41-26-23(33)17(31)12-18(32)24(26)34/h4-12,22,25H,13H2,1-3H3. The van der Waals surface area contributed by atoms with E-state index in [1.165, 1.54) is 18.8 Å². The second-order valence-corrected chi connectivity index (χ2v) is 11.0. The molecule has 4 aromatic rings. The van der Waals surface area contributed by atoms with Crippen LogP contribution in [0.25, 0.3) is 6.08 Å². The van der Waals surface area contributed by atoms with Crippen LogP contribution >= 0.6 is 11.3 Å². The first-order chi connectivity index (χ1) is 20.6. The average Bonchev–Trinajstić information content (AvgIpc) is 3.28. The van der Waals surface area contributed by atoms with Crippen LogP contribution in [0.3, 0.4) is 0 Å². The number of hydrogen-bond donors (Lipinski definition) is 0. The van der Waals surface area contributed by atoms with Crippen molar-refractivity contribution >= 4 is 23.4 Å². The van der Waals surface area contributed by atoms with Crippen molar-refractivity contribution in [2.45, 2.75) is 25.3 Å². The maximum atomic E-state index is 14.1. The van der Waals surface area contributed by atoms with Crippen molar-refractivity contribution in [3.8, 4) is 17.2 Å². The molecule has 2 bridgehead atoms. The number of para-hydroxylation sites is 1.